The van der Waals surface area contributed by atoms with E-state index in [4.69, 9.17) is 4.42 Å². The molecule has 1 amide bonds. The number of fused-ring (bicyclic) bond motifs is 1. The Morgan fingerprint density at radius 2 is 2.00 bits per heavy atom. The molecule has 12 heteroatoms. The van der Waals surface area contributed by atoms with Crippen molar-refractivity contribution < 1.29 is 26.0 Å². The number of carbonyl (C=O) groups excluding carboxylic acids is 1. The van der Waals surface area contributed by atoms with Crippen LogP contribution in [0.5, 0.6) is 0 Å². The first-order chi connectivity index (χ1) is 13.4. The summed E-state index contributed by atoms with van der Waals surface area (Å²) in [5, 5.41) is -0.297. The second-order valence-corrected chi connectivity index (χ2v) is 12.8. The summed E-state index contributed by atoms with van der Waals surface area (Å²) in [6.07, 6.45) is 0.438. The summed E-state index contributed by atoms with van der Waals surface area (Å²) in [6, 6.07) is 4.09. The minimum absolute atomic E-state index is 0.0152. The number of oxazole rings is 1. The summed E-state index contributed by atoms with van der Waals surface area (Å²) in [5.41, 5.74) is 0.797. The van der Waals surface area contributed by atoms with E-state index in [2.05, 4.69) is 4.98 Å². The Kier molecular flexibility index (Phi) is 6.01. The highest BCUT2D eigenvalue weighted by atomic mass is 32.2. The lowest BCUT2D eigenvalue weighted by Crippen LogP contribution is -2.41. The van der Waals surface area contributed by atoms with Crippen LogP contribution in [0.1, 0.15) is 13.3 Å². The van der Waals surface area contributed by atoms with Crippen molar-refractivity contribution in [2.75, 3.05) is 32.6 Å². The molecule has 1 saturated heterocycles. The lowest BCUT2D eigenvalue weighted by Gasteiger charge is -2.25. The van der Waals surface area contributed by atoms with E-state index in [-0.39, 0.29) is 33.6 Å². The van der Waals surface area contributed by atoms with Crippen LogP contribution in [0.3, 0.4) is 0 Å². The highest BCUT2D eigenvalue weighted by molar-refractivity contribution is 8.00. The molecule has 1 aliphatic rings. The van der Waals surface area contributed by atoms with Crippen LogP contribution in [0.25, 0.3) is 11.1 Å². The molecule has 0 saturated carbocycles. The number of sulfonamides is 1. The molecule has 2 atom stereocenters. The Labute approximate surface area is 174 Å². The van der Waals surface area contributed by atoms with Crippen LogP contribution in [-0.4, -0.2) is 80.9 Å². The molecule has 0 N–H and O–H groups in total. The van der Waals surface area contributed by atoms with Gasteiger partial charge in [-0.15, -0.1) is 0 Å². The van der Waals surface area contributed by atoms with Crippen LogP contribution in [0, 0.1) is 0 Å². The lowest BCUT2D eigenvalue weighted by molar-refractivity contribution is -0.130. The molecule has 0 bridgehead atoms. The van der Waals surface area contributed by atoms with Crippen molar-refractivity contribution >= 4 is 48.6 Å². The van der Waals surface area contributed by atoms with Gasteiger partial charge in [0.05, 0.1) is 21.7 Å². The standard InChI is InChI=1S/C17H23N3O6S3/c1-11(16(21)20(4)12-7-8-28(22,23)10-12)27-17-18-14-9-13(5-6-15(14)26-17)29(24,25)19(2)3/h5-6,9,11-12H,7-8,10H2,1-4H3. The molecular weight excluding hydrogens is 438 g/mol. The maximum atomic E-state index is 12.7. The average molecular weight is 462 g/mol. The zero-order chi connectivity index (χ0) is 21.6. The maximum Gasteiger partial charge on any atom is 0.257 e. The van der Waals surface area contributed by atoms with Gasteiger partial charge in [0, 0.05) is 27.2 Å². The van der Waals surface area contributed by atoms with E-state index in [1.165, 1.54) is 37.2 Å². The Hall–Kier alpha value is -1.63. The number of aromatic nitrogens is 1. The summed E-state index contributed by atoms with van der Waals surface area (Å²) >= 11 is 1.11. The Bertz CT molecular complexity index is 1140. The zero-order valence-electron chi connectivity index (χ0n) is 16.5. The summed E-state index contributed by atoms with van der Waals surface area (Å²) in [5.74, 6) is -0.131. The van der Waals surface area contributed by atoms with E-state index < -0.39 is 25.1 Å². The van der Waals surface area contributed by atoms with Crippen molar-refractivity contribution in [2.24, 2.45) is 0 Å². The number of amides is 1. The third kappa shape index (κ3) is 4.60. The first kappa shape index (κ1) is 22.1. The molecule has 1 aliphatic heterocycles. The normalized spacial score (nSPS) is 20.2. The molecule has 3 rings (SSSR count). The summed E-state index contributed by atoms with van der Waals surface area (Å²) in [6.45, 7) is 1.70. The van der Waals surface area contributed by atoms with Crippen molar-refractivity contribution in [1.29, 1.82) is 0 Å². The molecule has 2 aromatic rings. The van der Waals surface area contributed by atoms with Crippen LogP contribution < -0.4 is 0 Å². The molecular formula is C17H23N3O6S3. The second-order valence-electron chi connectivity index (χ2n) is 7.16. The zero-order valence-corrected chi connectivity index (χ0v) is 19.0. The predicted molar refractivity (Wildman–Crippen MR) is 110 cm³/mol. The van der Waals surface area contributed by atoms with Gasteiger partial charge in [-0.05, 0) is 31.5 Å². The number of thioether (sulfide) groups is 1. The van der Waals surface area contributed by atoms with Gasteiger partial charge < -0.3 is 9.32 Å². The largest absolute Gasteiger partial charge is 0.431 e. The second kappa shape index (κ2) is 7.89. The van der Waals surface area contributed by atoms with E-state index in [1.807, 2.05) is 0 Å². The highest BCUT2D eigenvalue weighted by Crippen LogP contribution is 2.30. The molecule has 0 spiro atoms. The van der Waals surface area contributed by atoms with Crippen LogP contribution in [0.2, 0.25) is 0 Å². The molecule has 1 aromatic carbocycles. The monoisotopic (exact) mass is 461 g/mol. The van der Waals surface area contributed by atoms with E-state index in [1.54, 1.807) is 14.0 Å². The van der Waals surface area contributed by atoms with E-state index in [9.17, 15) is 21.6 Å². The molecule has 160 valence electrons. The molecule has 29 heavy (non-hydrogen) atoms. The summed E-state index contributed by atoms with van der Waals surface area (Å²) in [7, 11) is -2.17. The van der Waals surface area contributed by atoms with E-state index in [0.29, 0.717) is 17.5 Å². The van der Waals surface area contributed by atoms with Crippen molar-refractivity contribution in [3.05, 3.63) is 18.2 Å². The van der Waals surface area contributed by atoms with Crippen molar-refractivity contribution in [2.45, 2.75) is 34.8 Å². The minimum Gasteiger partial charge on any atom is -0.431 e. The number of sulfone groups is 1. The van der Waals surface area contributed by atoms with Crippen molar-refractivity contribution in [3.8, 4) is 0 Å². The van der Waals surface area contributed by atoms with Crippen molar-refractivity contribution in [1.82, 2.24) is 14.2 Å². The fraction of sp³-hybridized carbons (Fsp3) is 0.529. The highest BCUT2D eigenvalue weighted by Gasteiger charge is 2.34. The van der Waals surface area contributed by atoms with Crippen LogP contribution >= 0.6 is 11.8 Å². The number of rotatable bonds is 6. The minimum atomic E-state index is -3.59. The predicted octanol–water partition coefficient (Wildman–Crippen LogP) is 1.20. The van der Waals surface area contributed by atoms with Gasteiger partial charge in [0.15, 0.2) is 15.4 Å². The van der Waals surface area contributed by atoms with Gasteiger partial charge in [0.1, 0.15) is 5.52 Å². The number of hydrogen-bond acceptors (Lipinski definition) is 8. The molecule has 0 radical (unpaired) electrons. The van der Waals surface area contributed by atoms with E-state index >= 15 is 0 Å². The maximum absolute atomic E-state index is 12.7. The Morgan fingerprint density at radius 1 is 1.31 bits per heavy atom. The topological polar surface area (TPSA) is 118 Å². The smallest absolute Gasteiger partial charge is 0.257 e. The molecule has 2 unspecified atom stereocenters. The SMILES string of the molecule is CC(Sc1nc2cc(S(=O)(=O)N(C)C)ccc2o1)C(=O)N(C)C1CCS(=O)(=O)C1. The number of nitrogens with zero attached hydrogens (tertiary/aromatic N) is 3. The third-order valence-corrected chi connectivity index (χ3v) is 9.34. The Morgan fingerprint density at radius 3 is 2.59 bits per heavy atom. The number of hydrogen-bond donors (Lipinski definition) is 0. The van der Waals surface area contributed by atoms with E-state index in [0.717, 1.165) is 16.1 Å². The Balaban J connectivity index is 1.75. The van der Waals surface area contributed by atoms with Crippen molar-refractivity contribution in [3.63, 3.8) is 0 Å². The first-order valence-corrected chi connectivity index (χ1v) is 13.0. The van der Waals surface area contributed by atoms with Crippen LogP contribution in [0.15, 0.2) is 32.7 Å². The van der Waals surface area contributed by atoms with Crippen LogP contribution in [-0.2, 0) is 24.7 Å². The first-order valence-electron chi connectivity index (χ1n) is 8.87. The molecule has 1 fully saturated rings. The van der Waals surface area contributed by atoms with Gasteiger partial charge in [-0.1, -0.05) is 11.8 Å². The van der Waals surface area contributed by atoms with Gasteiger partial charge in [-0.2, -0.15) is 0 Å². The summed E-state index contributed by atoms with van der Waals surface area (Å²) in [4.78, 5) is 18.6. The fourth-order valence-corrected chi connectivity index (χ4v) is 6.61. The molecule has 9 nitrogen and oxygen atoms in total. The van der Waals surface area contributed by atoms with Gasteiger partial charge in [-0.3, -0.25) is 4.79 Å². The van der Waals surface area contributed by atoms with Gasteiger partial charge in [0.25, 0.3) is 5.22 Å². The molecule has 1 aromatic heterocycles. The van der Waals surface area contributed by atoms with Gasteiger partial charge in [-0.25, -0.2) is 26.1 Å². The van der Waals surface area contributed by atoms with Gasteiger partial charge >= 0.3 is 0 Å². The quantitative estimate of drug-likeness (QED) is 0.589. The number of benzene rings is 1. The molecule has 2 heterocycles. The third-order valence-electron chi connectivity index (χ3n) is 4.85. The summed E-state index contributed by atoms with van der Waals surface area (Å²) < 4.78 is 54.6. The number of carbonyl (C=O) groups is 1. The fourth-order valence-electron chi connectivity index (χ4n) is 3.06. The lowest BCUT2D eigenvalue weighted by atomic mass is 10.2. The van der Waals surface area contributed by atoms with Crippen LogP contribution in [0.4, 0.5) is 0 Å². The van der Waals surface area contributed by atoms with Gasteiger partial charge in [0.2, 0.25) is 15.9 Å². The molecule has 0 aliphatic carbocycles. The average Bonchev–Trinajstić information content (AvgIpc) is 3.21.